The molecule has 0 aliphatic carbocycles. The molecule has 2 atom stereocenters. The molecule has 0 aromatic heterocycles. The zero-order valence-corrected chi connectivity index (χ0v) is 26.9. The van der Waals surface area contributed by atoms with E-state index in [1.165, 1.54) is 4.90 Å². The molecule has 2 aliphatic rings. The fraction of sp³-hybridized carbons (Fsp3) is 0.536. The van der Waals surface area contributed by atoms with Gasteiger partial charge in [-0.05, 0) is 48.7 Å². The lowest BCUT2D eigenvalue weighted by molar-refractivity contribution is -0.137. The molecule has 0 saturated carbocycles. The Morgan fingerprint density at radius 1 is 1.07 bits per heavy atom. The van der Waals surface area contributed by atoms with Gasteiger partial charge in [0, 0.05) is 64.5 Å². The maximum absolute atomic E-state index is 13.7. The highest BCUT2D eigenvalue weighted by atomic mass is 35.5. The molecule has 248 valence electrons. The number of halogens is 5. The molecule has 1 amide bonds. The molecule has 2 heterocycles. The van der Waals surface area contributed by atoms with Crippen LogP contribution in [0.25, 0.3) is 0 Å². The summed E-state index contributed by atoms with van der Waals surface area (Å²) < 4.78 is 75.7. The lowest BCUT2D eigenvalue weighted by Gasteiger charge is -2.43. The largest absolute Gasteiger partial charge is 0.508 e. The van der Waals surface area contributed by atoms with Crippen molar-refractivity contribution in [3.8, 4) is 5.75 Å². The number of benzene rings is 2. The second-order valence-electron chi connectivity index (χ2n) is 10.8. The lowest BCUT2D eigenvalue weighted by Crippen LogP contribution is -2.57. The van der Waals surface area contributed by atoms with E-state index in [1.807, 2.05) is 6.07 Å². The first-order valence-corrected chi connectivity index (χ1v) is 15.2. The van der Waals surface area contributed by atoms with Crippen LogP contribution in [-0.4, -0.2) is 112 Å². The van der Waals surface area contributed by atoms with Crippen LogP contribution in [0.4, 0.5) is 13.2 Å². The highest BCUT2D eigenvalue weighted by Gasteiger charge is 2.36. The van der Waals surface area contributed by atoms with Crippen LogP contribution in [-0.2, 0) is 32.1 Å². The zero-order chi connectivity index (χ0) is 30.7. The molecular formula is C28H39Cl2F3N4O6S. The van der Waals surface area contributed by atoms with E-state index >= 15 is 0 Å². The van der Waals surface area contributed by atoms with Crippen LogP contribution in [0.3, 0.4) is 0 Å². The highest BCUT2D eigenvalue weighted by molar-refractivity contribution is 7.89. The number of rotatable bonds is 9. The number of phenolic OH excluding ortho intramolecular Hbond substituents is 1. The number of amides is 1. The van der Waals surface area contributed by atoms with Crippen molar-refractivity contribution >= 4 is 40.7 Å². The maximum Gasteiger partial charge on any atom is 0.416 e. The summed E-state index contributed by atoms with van der Waals surface area (Å²) in [6.45, 7) is 7.00. The van der Waals surface area contributed by atoms with Gasteiger partial charge < -0.3 is 19.5 Å². The number of piperazine rings is 1. The minimum absolute atomic E-state index is 0. The van der Waals surface area contributed by atoms with Gasteiger partial charge in [-0.1, -0.05) is 12.1 Å². The van der Waals surface area contributed by atoms with E-state index < -0.39 is 44.2 Å². The zero-order valence-electron chi connectivity index (χ0n) is 24.5. The molecule has 4 rings (SSSR count). The van der Waals surface area contributed by atoms with E-state index in [2.05, 4.69) is 9.80 Å². The number of hydrogen-bond donors (Lipinski definition) is 2. The standard InChI is InChI=1S/C28H37F3N4O6S.2ClH/c1-19-3-4-20(12-26(19)36)11-23-16-33(5-6-34-9-10-41-24(17-34)18-40-2)7-8-35(23)27(37)21-13-22(28(29,30)31)15-25(14-21)42(32,38)39;;/h3-4,12-15,23-24,36H,5-11,16-18H2,1-2H3,(H2,32,38,39);2*1H/t23-,24+;;/m1../s1. The molecular weight excluding hydrogens is 648 g/mol. The van der Waals surface area contributed by atoms with Crippen molar-refractivity contribution in [3.05, 3.63) is 58.7 Å². The molecule has 0 spiro atoms. The van der Waals surface area contributed by atoms with Crippen LogP contribution in [0.15, 0.2) is 41.3 Å². The summed E-state index contributed by atoms with van der Waals surface area (Å²) in [5.74, 6) is -0.616. The van der Waals surface area contributed by atoms with Gasteiger partial charge in [0.1, 0.15) is 5.75 Å². The predicted octanol–water partition coefficient (Wildman–Crippen LogP) is 2.93. The van der Waals surface area contributed by atoms with Crippen LogP contribution < -0.4 is 5.14 Å². The number of carbonyl (C=O) groups is 1. The molecule has 2 aromatic rings. The van der Waals surface area contributed by atoms with E-state index in [0.717, 1.165) is 31.3 Å². The average molecular weight is 688 g/mol. The predicted molar refractivity (Wildman–Crippen MR) is 163 cm³/mol. The summed E-state index contributed by atoms with van der Waals surface area (Å²) >= 11 is 0. The van der Waals surface area contributed by atoms with Crippen LogP contribution in [0.5, 0.6) is 5.75 Å². The summed E-state index contributed by atoms with van der Waals surface area (Å²) in [5, 5.41) is 15.4. The SMILES string of the molecule is COC[C@@H]1CN(CCN2CCN(C(=O)c3cc(C(F)(F)F)cc(S(N)(=O)=O)c3)[C@H](Cc3ccc(C)c(O)c3)C2)CCO1.Cl.Cl. The Labute approximate surface area is 268 Å². The number of nitrogens with zero attached hydrogens (tertiary/aromatic N) is 3. The first-order valence-electron chi connectivity index (χ1n) is 13.6. The third kappa shape index (κ3) is 9.91. The highest BCUT2D eigenvalue weighted by Crippen LogP contribution is 2.32. The van der Waals surface area contributed by atoms with Crippen LogP contribution in [0.1, 0.15) is 27.0 Å². The third-order valence-electron chi connectivity index (χ3n) is 7.69. The summed E-state index contributed by atoms with van der Waals surface area (Å²) in [4.78, 5) is 18.9. The van der Waals surface area contributed by atoms with Gasteiger partial charge in [0.2, 0.25) is 10.0 Å². The smallest absolute Gasteiger partial charge is 0.416 e. The Bertz CT molecular complexity index is 1380. The number of phenols is 1. The molecule has 44 heavy (non-hydrogen) atoms. The number of aryl methyl sites for hydroxylation is 1. The summed E-state index contributed by atoms with van der Waals surface area (Å²) in [7, 11) is -2.87. The van der Waals surface area contributed by atoms with Gasteiger partial charge in [0.15, 0.2) is 0 Å². The molecule has 10 nitrogen and oxygen atoms in total. The number of nitrogens with two attached hydrogens (primary N) is 1. The van der Waals surface area contributed by atoms with E-state index in [4.69, 9.17) is 14.6 Å². The molecule has 2 aromatic carbocycles. The summed E-state index contributed by atoms with van der Waals surface area (Å²) in [6, 6.07) is 6.74. The summed E-state index contributed by atoms with van der Waals surface area (Å²) in [5.41, 5.74) is -0.230. The first kappa shape index (κ1) is 38.0. The van der Waals surface area contributed by atoms with Crippen LogP contribution in [0, 0.1) is 6.92 Å². The topological polar surface area (TPSA) is 126 Å². The van der Waals surface area contributed by atoms with Gasteiger partial charge in [-0.3, -0.25) is 14.6 Å². The monoisotopic (exact) mass is 686 g/mol. The van der Waals surface area contributed by atoms with Crippen molar-refractivity contribution in [2.75, 3.05) is 66.1 Å². The molecule has 3 N–H and O–H groups in total. The second-order valence-corrected chi connectivity index (χ2v) is 12.4. The number of morpholine rings is 1. The van der Waals surface area contributed by atoms with Crippen LogP contribution >= 0.6 is 24.8 Å². The first-order chi connectivity index (χ1) is 19.7. The van der Waals surface area contributed by atoms with Crippen molar-refractivity contribution < 1.29 is 41.0 Å². The molecule has 0 radical (unpaired) electrons. The van der Waals surface area contributed by atoms with Crippen molar-refractivity contribution in [3.63, 3.8) is 0 Å². The number of methoxy groups -OCH3 is 1. The van der Waals surface area contributed by atoms with Gasteiger partial charge in [0.05, 0.1) is 29.8 Å². The number of aromatic hydroxyl groups is 1. The molecule has 2 aliphatic heterocycles. The average Bonchev–Trinajstić information content (AvgIpc) is 2.93. The van der Waals surface area contributed by atoms with E-state index in [0.29, 0.717) is 57.0 Å². The van der Waals surface area contributed by atoms with Gasteiger partial charge in [0.25, 0.3) is 5.91 Å². The fourth-order valence-corrected chi connectivity index (χ4v) is 5.97. The molecule has 2 fully saturated rings. The Morgan fingerprint density at radius 3 is 2.36 bits per heavy atom. The molecule has 2 saturated heterocycles. The minimum Gasteiger partial charge on any atom is -0.508 e. The Morgan fingerprint density at radius 2 is 1.75 bits per heavy atom. The molecule has 16 heteroatoms. The maximum atomic E-state index is 13.7. The Kier molecular flexibility index (Phi) is 13.7. The van der Waals surface area contributed by atoms with Crippen molar-refractivity contribution in [1.29, 1.82) is 0 Å². The molecule has 0 unspecified atom stereocenters. The summed E-state index contributed by atoms with van der Waals surface area (Å²) in [6.07, 6.45) is -4.55. The van der Waals surface area contributed by atoms with Gasteiger partial charge in [-0.2, -0.15) is 13.2 Å². The normalized spacial score (nSPS) is 20.1. The van der Waals surface area contributed by atoms with Crippen LogP contribution in [0.2, 0.25) is 0 Å². The second kappa shape index (κ2) is 15.9. The Hall–Kier alpha value is -2.17. The number of primary sulfonamides is 1. The van der Waals surface area contributed by atoms with E-state index in [-0.39, 0.29) is 43.2 Å². The number of carbonyl (C=O) groups excluding carboxylic acids is 1. The van der Waals surface area contributed by atoms with Gasteiger partial charge >= 0.3 is 6.18 Å². The number of alkyl halides is 3. The fourth-order valence-electron chi connectivity index (χ4n) is 5.39. The molecule has 0 bridgehead atoms. The van der Waals surface area contributed by atoms with Gasteiger partial charge in [-0.15, -0.1) is 24.8 Å². The Balaban J connectivity index is 0.00000337. The third-order valence-corrected chi connectivity index (χ3v) is 8.58. The lowest BCUT2D eigenvalue weighted by atomic mass is 9.99. The number of ether oxygens (including phenoxy) is 2. The van der Waals surface area contributed by atoms with Gasteiger partial charge in [-0.25, -0.2) is 13.6 Å². The van der Waals surface area contributed by atoms with Crippen molar-refractivity contribution in [1.82, 2.24) is 14.7 Å². The van der Waals surface area contributed by atoms with Crippen molar-refractivity contribution in [2.24, 2.45) is 5.14 Å². The van der Waals surface area contributed by atoms with E-state index in [9.17, 15) is 31.5 Å². The number of hydrogen-bond acceptors (Lipinski definition) is 8. The van der Waals surface area contributed by atoms with Crippen molar-refractivity contribution in [2.45, 2.75) is 36.6 Å². The van der Waals surface area contributed by atoms with E-state index in [1.54, 1.807) is 26.2 Å². The minimum atomic E-state index is -4.88. The number of sulfonamides is 1. The quantitative estimate of drug-likeness (QED) is 0.413.